The summed E-state index contributed by atoms with van der Waals surface area (Å²) in [6.45, 7) is 8.45. The van der Waals surface area contributed by atoms with Crippen LogP contribution in [-0.4, -0.2) is 57.0 Å². The van der Waals surface area contributed by atoms with Gasteiger partial charge >= 0.3 is 0 Å². The van der Waals surface area contributed by atoms with Gasteiger partial charge in [0.15, 0.2) is 0 Å². The molecule has 0 saturated heterocycles. The Bertz CT molecular complexity index is 1170. The average molecular weight is 483 g/mol. The highest BCUT2D eigenvalue weighted by molar-refractivity contribution is 7.89. The van der Waals surface area contributed by atoms with Crippen molar-refractivity contribution >= 4 is 27.3 Å². The van der Waals surface area contributed by atoms with Gasteiger partial charge in [-0.2, -0.15) is 0 Å². The smallest absolute Gasteiger partial charge is 0.240 e. The van der Waals surface area contributed by atoms with Gasteiger partial charge in [-0.05, 0) is 62.0 Å². The van der Waals surface area contributed by atoms with E-state index in [9.17, 15) is 8.42 Å². The second kappa shape index (κ2) is 10.9. The van der Waals surface area contributed by atoms with Crippen LogP contribution in [0, 0.1) is 5.41 Å². The molecule has 3 rings (SSSR count). The fraction of sp³-hybridized carbons (Fsp3) is 0.360. The van der Waals surface area contributed by atoms with Gasteiger partial charge in [0.25, 0.3) is 0 Å². The number of nitrogens with zero attached hydrogens (tertiary/aromatic N) is 3. The predicted octanol–water partition coefficient (Wildman–Crippen LogP) is 4.19. The van der Waals surface area contributed by atoms with E-state index < -0.39 is 10.0 Å². The summed E-state index contributed by atoms with van der Waals surface area (Å²) in [5.41, 5.74) is 3.75. The largest absolute Gasteiger partial charge is 0.385 e. The second-order valence-corrected chi connectivity index (χ2v) is 11.4. The quantitative estimate of drug-likeness (QED) is 0.399. The van der Waals surface area contributed by atoms with Gasteiger partial charge in [0.1, 0.15) is 0 Å². The van der Waals surface area contributed by atoms with Gasteiger partial charge < -0.3 is 15.5 Å². The molecule has 0 radical (unpaired) electrons. The minimum absolute atomic E-state index is 0.205. The Labute approximate surface area is 202 Å². The summed E-state index contributed by atoms with van der Waals surface area (Å²) >= 11 is 0. The molecule has 0 aliphatic heterocycles. The Balaban J connectivity index is 1.65. The minimum atomic E-state index is -3.55. The molecule has 0 unspecified atom stereocenters. The Morgan fingerprint density at radius 3 is 2.18 bits per heavy atom. The van der Waals surface area contributed by atoms with Gasteiger partial charge in [-0.15, -0.1) is 0 Å². The Kier molecular flexibility index (Phi) is 8.24. The maximum atomic E-state index is 12.4. The molecule has 0 spiro atoms. The number of aromatic nitrogens is 2. The molecule has 0 aliphatic carbocycles. The number of rotatable bonds is 10. The van der Waals surface area contributed by atoms with E-state index in [1.165, 1.54) is 0 Å². The molecule has 3 N–H and O–H groups in total. The molecule has 0 saturated carbocycles. The highest BCUT2D eigenvalue weighted by Crippen LogP contribution is 2.23. The van der Waals surface area contributed by atoms with Gasteiger partial charge in [-0.25, -0.2) is 23.1 Å². The van der Waals surface area contributed by atoms with Gasteiger partial charge in [0, 0.05) is 42.8 Å². The van der Waals surface area contributed by atoms with Crippen molar-refractivity contribution in [3.63, 3.8) is 0 Å². The fourth-order valence-electron chi connectivity index (χ4n) is 3.04. The van der Waals surface area contributed by atoms with Gasteiger partial charge in [-0.1, -0.05) is 32.9 Å². The van der Waals surface area contributed by atoms with E-state index in [2.05, 4.69) is 46.1 Å². The lowest BCUT2D eigenvalue weighted by Gasteiger charge is -2.19. The van der Waals surface area contributed by atoms with Crippen LogP contribution < -0.4 is 15.4 Å². The Morgan fingerprint density at radius 1 is 0.912 bits per heavy atom. The van der Waals surface area contributed by atoms with Crippen LogP contribution >= 0.6 is 0 Å². The van der Waals surface area contributed by atoms with Gasteiger partial charge in [0.05, 0.1) is 10.6 Å². The van der Waals surface area contributed by atoms with Crippen LogP contribution in [0.25, 0.3) is 11.3 Å². The lowest BCUT2D eigenvalue weighted by Crippen LogP contribution is -2.31. The zero-order valence-electron chi connectivity index (χ0n) is 20.5. The summed E-state index contributed by atoms with van der Waals surface area (Å²) in [6.07, 6.45) is 1.70. The molecule has 8 nitrogen and oxygen atoms in total. The molecule has 182 valence electrons. The minimum Gasteiger partial charge on any atom is -0.385 e. The molecule has 0 bridgehead atoms. The van der Waals surface area contributed by atoms with Crippen LogP contribution in [0.3, 0.4) is 0 Å². The fourth-order valence-corrected chi connectivity index (χ4v) is 4.06. The van der Waals surface area contributed by atoms with Gasteiger partial charge in [0.2, 0.25) is 16.0 Å². The molecule has 0 amide bonds. The van der Waals surface area contributed by atoms with E-state index >= 15 is 0 Å². The molecule has 1 aromatic heterocycles. The van der Waals surface area contributed by atoms with Crippen LogP contribution in [0.1, 0.15) is 20.8 Å². The third kappa shape index (κ3) is 7.79. The van der Waals surface area contributed by atoms with E-state index in [1.807, 2.05) is 49.3 Å². The van der Waals surface area contributed by atoms with Crippen molar-refractivity contribution in [2.45, 2.75) is 25.7 Å². The average Bonchev–Trinajstić information content (AvgIpc) is 2.78. The standard InChI is InChI=1S/C25H34N6O2S/c1-25(2,3)18-27-20-8-6-19(7-9-20)23-14-15-26-24(30-23)29-21-10-12-22(13-11-21)34(32,33)28-16-17-31(4)5/h6-15,27-28H,16-18H2,1-5H3,(H,26,29,30). The molecule has 0 atom stereocenters. The predicted molar refractivity (Wildman–Crippen MR) is 139 cm³/mol. The van der Waals surface area contributed by atoms with Crippen molar-refractivity contribution < 1.29 is 8.42 Å². The first-order valence-electron chi connectivity index (χ1n) is 11.2. The van der Waals surface area contributed by atoms with E-state index in [0.29, 0.717) is 24.7 Å². The summed E-state index contributed by atoms with van der Waals surface area (Å²) in [4.78, 5) is 11.0. The summed E-state index contributed by atoms with van der Waals surface area (Å²) in [5, 5.41) is 6.59. The number of hydrogen-bond acceptors (Lipinski definition) is 7. The van der Waals surface area contributed by atoms with Crippen LogP contribution in [0.4, 0.5) is 17.3 Å². The third-order valence-electron chi connectivity index (χ3n) is 4.93. The summed E-state index contributed by atoms with van der Waals surface area (Å²) in [7, 11) is 0.245. The molecule has 2 aromatic carbocycles. The monoisotopic (exact) mass is 482 g/mol. The van der Waals surface area contributed by atoms with E-state index in [0.717, 1.165) is 23.5 Å². The Morgan fingerprint density at radius 2 is 1.56 bits per heavy atom. The highest BCUT2D eigenvalue weighted by atomic mass is 32.2. The van der Waals surface area contributed by atoms with E-state index in [-0.39, 0.29) is 10.3 Å². The van der Waals surface area contributed by atoms with Crippen LogP contribution in [0.2, 0.25) is 0 Å². The van der Waals surface area contributed by atoms with Crippen LogP contribution in [0.15, 0.2) is 65.7 Å². The maximum absolute atomic E-state index is 12.4. The van der Waals surface area contributed by atoms with Crippen molar-refractivity contribution in [2.75, 3.05) is 44.4 Å². The zero-order chi connectivity index (χ0) is 24.8. The molecule has 9 heteroatoms. The summed E-state index contributed by atoms with van der Waals surface area (Å²) < 4.78 is 27.4. The molecular weight excluding hydrogens is 448 g/mol. The van der Waals surface area contributed by atoms with E-state index in [4.69, 9.17) is 0 Å². The number of nitrogens with one attached hydrogen (secondary N) is 3. The van der Waals surface area contributed by atoms with Crippen molar-refractivity contribution in [3.05, 3.63) is 60.8 Å². The lowest BCUT2D eigenvalue weighted by atomic mass is 9.97. The first kappa shape index (κ1) is 25.6. The number of sulfonamides is 1. The topological polar surface area (TPSA) is 99.3 Å². The normalized spacial score (nSPS) is 12.1. The third-order valence-corrected chi connectivity index (χ3v) is 6.41. The van der Waals surface area contributed by atoms with Gasteiger partial charge in [-0.3, -0.25) is 0 Å². The molecule has 0 aliphatic rings. The van der Waals surface area contributed by atoms with E-state index in [1.54, 1.807) is 30.5 Å². The lowest BCUT2D eigenvalue weighted by molar-refractivity contribution is 0.412. The summed E-state index contributed by atoms with van der Waals surface area (Å²) in [6, 6.07) is 16.5. The number of anilines is 3. The first-order valence-corrected chi connectivity index (χ1v) is 12.7. The molecular formula is C25H34N6O2S. The zero-order valence-corrected chi connectivity index (χ0v) is 21.3. The molecule has 0 fully saturated rings. The van der Waals surface area contributed by atoms with Crippen LogP contribution in [0.5, 0.6) is 0 Å². The SMILES string of the molecule is CN(C)CCNS(=O)(=O)c1ccc(Nc2nccc(-c3ccc(NCC(C)(C)C)cc3)n2)cc1. The number of benzene rings is 2. The number of hydrogen-bond donors (Lipinski definition) is 3. The summed E-state index contributed by atoms with van der Waals surface area (Å²) in [5.74, 6) is 0.437. The second-order valence-electron chi connectivity index (χ2n) is 9.61. The molecule has 3 aromatic rings. The molecule has 34 heavy (non-hydrogen) atoms. The van der Waals surface area contributed by atoms with Crippen molar-refractivity contribution in [3.8, 4) is 11.3 Å². The first-order chi connectivity index (χ1) is 16.0. The van der Waals surface area contributed by atoms with Crippen molar-refractivity contribution in [1.82, 2.24) is 19.6 Å². The highest BCUT2D eigenvalue weighted by Gasteiger charge is 2.13. The number of likely N-dealkylation sites (N-methyl/N-ethyl adjacent to an activating group) is 1. The van der Waals surface area contributed by atoms with Crippen molar-refractivity contribution in [2.24, 2.45) is 5.41 Å². The maximum Gasteiger partial charge on any atom is 0.240 e. The van der Waals surface area contributed by atoms with Crippen LogP contribution in [-0.2, 0) is 10.0 Å². The molecule has 1 heterocycles. The van der Waals surface area contributed by atoms with Crippen molar-refractivity contribution in [1.29, 1.82) is 0 Å². The Hall–Kier alpha value is -3.01.